The first-order valence-electron chi connectivity index (χ1n) is 6.27. The molecule has 0 spiro atoms. The van der Waals surface area contributed by atoms with Gasteiger partial charge in [-0.15, -0.1) is 11.3 Å². The van der Waals surface area contributed by atoms with Gasteiger partial charge in [0.2, 0.25) is 5.78 Å². The molecule has 20 heavy (non-hydrogen) atoms. The summed E-state index contributed by atoms with van der Waals surface area (Å²) in [6, 6.07) is 5.58. The number of thiophene rings is 1. The summed E-state index contributed by atoms with van der Waals surface area (Å²) in [5.41, 5.74) is 2.59. The molecule has 0 N–H and O–H groups in total. The molecule has 1 aromatic heterocycles. The monoisotopic (exact) mass is 286 g/mol. The van der Waals surface area contributed by atoms with E-state index in [9.17, 15) is 4.79 Å². The zero-order chi connectivity index (χ0) is 14.3. The standard InChI is InChI=1S/C16H14O3S/c1-9-6-7-20-14(9)8-13-15(17)11-4-5-12(18-3)10(2)16(11)19-13/h4-8H,1-3H3/b13-8-. The Balaban J connectivity index is 2.05. The zero-order valence-corrected chi connectivity index (χ0v) is 12.3. The van der Waals surface area contributed by atoms with Gasteiger partial charge < -0.3 is 9.47 Å². The smallest absolute Gasteiger partial charge is 0.232 e. The topological polar surface area (TPSA) is 35.5 Å². The molecule has 0 radical (unpaired) electrons. The van der Waals surface area contributed by atoms with Gasteiger partial charge in [0.15, 0.2) is 5.76 Å². The highest BCUT2D eigenvalue weighted by atomic mass is 32.1. The van der Waals surface area contributed by atoms with Crippen molar-refractivity contribution in [3.05, 3.63) is 50.9 Å². The fraction of sp³-hybridized carbons (Fsp3) is 0.188. The van der Waals surface area contributed by atoms with Crippen LogP contribution < -0.4 is 9.47 Å². The maximum absolute atomic E-state index is 12.4. The van der Waals surface area contributed by atoms with Gasteiger partial charge in [-0.3, -0.25) is 4.79 Å². The lowest BCUT2D eigenvalue weighted by atomic mass is 10.1. The molecule has 4 heteroatoms. The van der Waals surface area contributed by atoms with E-state index in [1.165, 1.54) is 0 Å². The Hall–Kier alpha value is -2.07. The van der Waals surface area contributed by atoms with Gasteiger partial charge in [-0.05, 0) is 43.0 Å². The second-order valence-electron chi connectivity index (χ2n) is 4.68. The van der Waals surface area contributed by atoms with Crippen LogP contribution in [0.4, 0.5) is 0 Å². The predicted molar refractivity (Wildman–Crippen MR) is 79.7 cm³/mol. The van der Waals surface area contributed by atoms with Crippen LogP contribution in [0.25, 0.3) is 6.08 Å². The maximum atomic E-state index is 12.4. The van der Waals surface area contributed by atoms with Crippen LogP contribution in [0.5, 0.6) is 11.5 Å². The molecule has 3 nitrogen and oxygen atoms in total. The second-order valence-corrected chi connectivity index (χ2v) is 5.62. The Labute approximate surface area is 121 Å². The molecule has 0 atom stereocenters. The molecule has 1 aliphatic heterocycles. The van der Waals surface area contributed by atoms with Crippen LogP contribution in [-0.4, -0.2) is 12.9 Å². The minimum Gasteiger partial charge on any atom is -0.496 e. The lowest BCUT2D eigenvalue weighted by molar-refractivity contribution is 0.101. The molecule has 0 bridgehead atoms. The Bertz CT molecular complexity index is 725. The highest BCUT2D eigenvalue weighted by molar-refractivity contribution is 7.11. The third-order valence-electron chi connectivity index (χ3n) is 3.42. The van der Waals surface area contributed by atoms with E-state index in [1.807, 2.05) is 31.4 Å². The van der Waals surface area contributed by atoms with Crippen molar-refractivity contribution >= 4 is 23.2 Å². The number of fused-ring (bicyclic) bond motifs is 1. The molecule has 0 aliphatic carbocycles. The van der Waals surface area contributed by atoms with Gasteiger partial charge in [0.05, 0.1) is 12.7 Å². The number of allylic oxidation sites excluding steroid dienone is 1. The maximum Gasteiger partial charge on any atom is 0.232 e. The Morgan fingerprint density at radius 3 is 2.70 bits per heavy atom. The van der Waals surface area contributed by atoms with Gasteiger partial charge in [0, 0.05) is 16.5 Å². The van der Waals surface area contributed by atoms with E-state index in [0.29, 0.717) is 17.1 Å². The third-order valence-corrected chi connectivity index (χ3v) is 4.39. The molecule has 2 aromatic rings. The summed E-state index contributed by atoms with van der Waals surface area (Å²) < 4.78 is 11.0. The molecule has 1 aliphatic rings. The molecule has 3 rings (SSSR count). The van der Waals surface area contributed by atoms with Gasteiger partial charge in [-0.2, -0.15) is 0 Å². The molecule has 2 heterocycles. The number of rotatable bonds is 2. The van der Waals surface area contributed by atoms with Crippen LogP contribution in [0.3, 0.4) is 0 Å². The summed E-state index contributed by atoms with van der Waals surface area (Å²) in [7, 11) is 1.61. The van der Waals surface area contributed by atoms with E-state index in [-0.39, 0.29) is 5.78 Å². The molecule has 0 fully saturated rings. The van der Waals surface area contributed by atoms with Crippen molar-refractivity contribution in [1.82, 2.24) is 0 Å². The average molecular weight is 286 g/mol. The first-order valence-corrected chi connectivity index (χ1v) is 7.15. The number of benzene rings is 1. The van der Waals surface area contributed by atoms with Crippen molar-refractivity contribution < 1.29 is 14.3 Å². The molecule has 0 saturated carbocycles. The van der Waals surface area contributed by atoms with Crippen LogP contribution in [0.1, 0.15) is 26.4 Å². The molecule has 0 unspecified atom stereocenters. The lowest BCUT2D eigenvalue weighted by Gasteiger charge is -2.07. The van der Waals surface area contributed by atoms with E-state index in [2.05, 4.69) is 0 Å². The van der Waals surface area contributed by atoms with Gasteiger partial charge in [0.25, 0.3) is 0 Å². The van der Waals surface area contributed by atoms with E-state index < -0.39 is 0 Å². The van der Waals surface area contributed by atoms with Crippen LogP contribution in [0.2, 0.25) is 0 Å². The highest BCUT2D eigenvalue weighted by Crippen LogP contribution is 2.39. The summed E-state index contributed by atoms with van der Waals surface area (Å²) in [4.78, 5) is 13.4. The number of carbonyl (C=O) groups excluding carboxylic acids is 1. The first kappa shape index (κ1) is 12.9. The Morgan fingerprint density at radius 2 is 2.05 bits per heavy atom. The van der Waals surface area contributed by atoms with E-state index in [4.69, 9.17) is 9.47 Å². The number of ether oxygens (including phenoxy) is 2. The minimum atomic E-state index is -0.0708. The SMILES string of the molecule is COc1ccc2c(c1C)O/C(=C\c1sccc1C)C2=O. The molecule has 102 valence electrons. The number of carbonyl (C=O) groups is 1. The minimum absolute atomic E-state index is 0.0708. The van der Waals surface area contributed by atoms with E-state index in [0.717, 1.165) is 21.8 Å². The number of ketones is 1. The summed E-state index contributed by atoms with van der Waals surface area (Å²) >= 11 is 1.60. The second kappa shape index (κ2) is 4.80. The van der Waals surface area contributed by atoms with Crippen LogP contribution in [-0.2, 0) is 0 Å². The quantitative estimate of drug-likeness (QED) is 0.783. The molecule has 0 amide bonds. The summed E-state index contributed by atoms with van der Waals surface area (Å²) in [5, 5.41) is 2.00. The van der Waals surface area contributed by atoms with Gasteiger partial charge >= 0.3 is 0 Å². The van der Waals surface area contributed by atoms with Crippen molar-refractivity contribution in [3.8, 4) is 11.5 Å². The predicted octanol–water partition coefficient (Wildman–Crippen LogP) is 3.99. The third kappa shape index (κ3) is 1.93. The fourth-order valence-electron chi connectivity index (χ4n) is 2.24. The Kier molecular flexibility index (Phi) is 3.10. The summed E-state index contributed by atoms with van der Waals surface area (Å²) in [5.74, 6) is 1.64. The zero-order valence-electron chi connectivity index (χ0n) is 11.5. The number of hydrogen-bond acceptors (Lipinski definition) is 4. The molecular formula is C16H14O3S. The van der Waals surface area contributed by atoms with Crippen molar-refractivity contribution in [2.24, 2.45) is 0 Å². The van der Waals surface area contributed by atoms with Gasteiger partial charge in [-0.1, -0.05) is 0 Å². The molecule has 1 aromatic carbocycles. The van der Waals surface area contributed by atoms with Gasteiger partial charge in [0.1, 0.15) is 11.5 Å². The van der Waals surface area contributed by atoms with Crippen molar-refractivity contribution in [2.75, 3.05) is 7.11 Å². The largest absolute Gasteiger partial charge is 0.496 e. The summed E-state index contributed by atoms with van der Waals surface area (Å²) in [6.45, 7) is 3.91. The van der Waals surface area contributed by atoms with Crippen LogP contribution >= 0.6 is 11.3 Å². The van der Waals surface area contributed by atoms with Gasteiger partial charge in [-0.25, -0.2) is 0 Å². The van der Waals surface area contributed by atoms with Crippen molar-refractivity contribution in [3.63, 3.8) is 0 Å². The van der Waals surface area contributed by atoms with Crippen molar-refractivity contribution in [2.45, 2.75) is 13.8 Å². The summed E-state index contributed by atoms with van der Waals surface area (Å²) in [6.07, 6.45) is 1.81. The fourth-order valence-corrected chi connectivity index (χ4v) is 3.09. The average Bonchev–Trinajstić information content (AvgIpc) is 2.97. The number of hydrogen-bond donors (Lipinski definition) is 0. The number of aryl methyl sites for hydroxylation is 1. The van der Waals surface area contributed by atoms with E-state index in [1.54, 1.807) is 30.6 Å². The van der Waals surface area contributed by atoms with Crippen LogP contribution in [0.15, 0.2) is 29.3 Å². The van der Waals surface area contributed by atoms with Crippen LogP contribution in [0, 0.1) is 13.8 Å². The van der Waals surface area contributed by atoms with E-state index >= 15 is 0 Å². The molecule has 0 saturated heterocycles. The molecular weight excluding hydrogens is 272 g/mol. The lowest BCUT2D eigenvalue weighted by Crippen LogP contribution is -1.97. The number of Topliss-reactive ketones (excluding diaryl/α,β-unsaturated/α-hetero) is 1. The Morgan fingerprint density at radius 1 is 1.25 bits per heavy atom. The first-order chi connectivity index (χ1) is 9.61. The number of methoxy groups -OCH3 is 1. The van der Waals surface area contributed by atoms with Crippen molar-refractivity contribution in [1.29, 1.82) is 0 Å². The normalized spacial score (nSPS) is 15.3. The highest BCUT2D eigenvalue weighted by Gasteiger charge is 2.30.